The van der Waals surface area contributed by atoms with Crippen LogP contribution in [0.2, 0.25) is 0 Å². The summed E-state index contributed by atoms with van der Waals surface area (Å²) in [7, 11) is 0. The topological polar surface area (TPSA) is 67.6 Å². The Morgan fingerprint density at radius 3 is 2.81 bits per heavy atom. The molecule has 3 aromatic rings. The summed E-state index contributed by atoms with van der Waals surface area (Å²) in [6.45, 7) is 1.92. The molecule has 1 heterocycles. The predicted octanol–water partition coefficient (Wildman–Crippen LogP) is 3.24. The summed E-state index contributed by atoms with van der Waals surface area (Å²) in [5.41, 5.74) is 8.81. The number of fused-ring (bicyclic) bond motifs is 1. The first-order valence-corrected chi connectivity index (χ1v) is 6.53. The molecule has 0 fully saturated rings. The van der Waals surface area contributed by atoms with E-state index >= 15 is 0 Å². The van der Waals surface area contributed by atoms with Crippen molar-refractivity contribution in [1.82, 2.24) is 9.55 Å². The number of nitrogens with zero attached hydrogens (tertiary/aromatic N) is 3. The summed E-state index contributed by atoms with van der Waals surface area (Å²) in [4.78, 5) is 4.30. The molecule has 1 unspecified atom stereocenters. The van der Waals surface area contributed by atoms with Crippen LogP contribution < -0.4 is 5.73 Å². The van der Waals surface area contributed by atoms with Crippen LogP contribution in [0.5, 0.6) is 0 Å². The Labute approximate surface area is 121 Å². The molecule has 0 saturated carbocycles. The molecular weight excluding hydrogens is 267 g/mol. The van der Waals surface area contributed by atoms with E-state index in [0.29, 0.717) is 11.5 Å². The fourth-order valence-corrected chi connectivity index (χ4v) is 2.50. The number of imidazole rings is 1. The van der Waals surface area contributed by atoms with Crippen molar-refractivity contribution in [3.05, 3.63) is 59.4 Å². The largest absolute Gasteiger partial charge is 0.369 e. The normalized spacial score (nSPS) is 12.2. The van der Waals surface area contributed by atoms with Gasteiger partial charge in [0.25, 0.3) is 0 Å². The number of nitrogen functional groups attached to an aromatic ring is 1. The Bertz CT molecular complexity index is 860. The molecule has 0 spiro atoms. The molecule has 104 valence electrons. The van der Waals surface area contributed by atoms with Crippen molar-refractivity contribution in [3.8, 4) is 6.07 Å². The Kier molecular flexibility index (Phi) is 3.07. The van der Waals surface area contributed by atoms with Crippen LogP contribution in [0.3, 0.4) is 0 Å². The summed E-state index contributed by atoms with van der Waals surface area (Å²) in [6, 6.07) is 13.5. The first kappa shape index (κ1) is 13.1. The lowest BCUT2D eigenvalue weighted by molar-refractivity contribution is 0.612. The van der Waals surface area contributed by atoms with Crippen LogP contribution in [0, 0.1) is 17.1 Å². The minimum Gasteiger partial charge on any atom is -0.369 e. The van der Waals surface area contributed by atoms with E-state index < -0.39 is 0 Å². The van der Waals surface area contributed by atoms with Gasteiger partial charge in [-0.2, -0.15) is 5.26 Å². The SMILES string of the molecule is CC(c1cccc(F)c1)n1c(N)nc2ccc(C#N)cc21. The average Bonchev–Trinajstić information content (AvgIpc) is 2.81. The summed E-state index contributed by atoms with van der Waals surface area (Å²) >= 11 is 0. The van der Waals surface area contributed by atoms with Gasteiger partial charge in [0.05, 0.1) is 28.7 Å². The van der Waals surface area contributed by atoms with Gasteiger partial charge in [-0.1, -0.05) is 12.1 Å². The monoisotopic (exact) mass is 280 g/mol. The number of anilines is 1. The van der Waals surface area contributed by atoms with Gasteiger partial charge in [-0.05, 0) is 42.8 Å². The van der Waals surface area contributed by atoms with Crippen molar-refractivity contribution in [3.63, 3.8) is 0 Å². The summed E-state index contributed by atoms with van der Waals surface area (Å²) < 4.78 is 15.2. The van der Waals surface area contributed by atoms with Gasteiger partial charge in [0.2, 0.25) is 5.95 Å². The summed E-state index contributed by atoms with van der Waals surface area (Å²) in [5.74, 6) is 0.0527. The lowest BCUT2D eigenvalue weighted by Crippen LogP contribution is -2.10. The molecular formula is C16H13FN4. The molecule has 0 bridgehead atoms. The molecule has 0 amide bonds. The number of hydrogen-bond acceptors (Lipinski definition) is 3. The quantitative estimate of drug-likeness (QED) is 0.783. The van der Waals surface area contributed by atoms with Crippen LogP contribution >= 0.6 is 0 Å². The molecule has 2 aromatic carbocycles. The highest BCUT2D eigenvalue weighted by molar-refractivity contribution is 5.80. The van der Waals surface area contributed by atoms with Crippen molar-refractivity contribution in [2.75, 3.05) is 5.73 Å². The zero-order valence-electron chi connectivity index (χ0n) is 11.4. The highest BCUT2D eigenvalue weighted by Crippen LogP contribution is 2.28. The van der Waals surface area contributed by atoms with E-state index in [1.54, 1.807) is 24.3 Å². The van der Waals surface area contributed by atoms with E-state index in [9.17, 15) is 4.39 Å². The van der Waals surface area contributed by atoms with Gasteiger partial charge in [0.15, 0.2) is 0 Å². The second-order valence-electron chi connectivity index (χ2n) is 4.89. The van der Waals surface area contributed by atoms with Crippen molar-refractivity contribution in [2.45, 2.75) is 13.0 Å². The fraction of sp³-hybridized carbons (Fsp3) is 0.125. The van der Waals surface area contributed by atoms with E-state index in [4.69, 9.17) is 11.0 Å². The van der Waals surface area contributed by atoms with E-state index in [0.717, 1.165) is 16.6 Å². The van der Waals surface area contributed by atoms with E-state index in [2.05, 4.69) is 11.1 Å². The number of halogens is 1. The van der Waals surface area contributed by atoms with Crippen LogP contribution in [0.25, 0.3) is 11.0 Å². The van der Waals surface area contributed by atoms with Crippen LogP contribution in [0.4, 0.5) is 10.3 Å². The molecule has 0 saturated heterocycles. The van der Waals surface area contributed by atoms with E-state index in [-0.39, 0.29) is 11.9 Å². The third kappa shape index (κ3) is 2.21. The first-order valence-electron chi connectivity index (χ1n) is 6.53. The van der Waals surface area contributed by atoms with Gasteiger partial charge >= 0.3 is 0 Å². The second kappa shape index (κ2) is 4.91. The van der Waals surface area contributed by atoms with Crippen LogP contribution in [0.15, 0.2) is 42.5 Å². The molecule has 21 heavy (non-hydrogen) atoms. The fourth-order valence-electron chi connectivity index (χ4n) is 2.50. The predicted molar refractivity (Wildman–Crippen MR) is 79.1 cm³/mol. The Balaban J connectivity index is 2.19. The Morgan fingerprint density at radius 1 is 1.29 bits per heavy atom. The zero-order chi connectivity index (χ0) is 15.0. The number of nitriles is 1. The van der Waals surface area contributed by atoms with Gasteiger partial charge in [-0.25, -0.2) is 9.37 Å². The number of nitrogens with two attached hydrogens (primary N) is 1. The molecule has 0 radical (unpaired) electrons. The maximum Gasteiger partial charge on any atom is 0.201 e. The summed E-state index contributed by atoms with van der Waals surface area (Å²) in [5, 5.41) is 9.03. The molecule has 3 rings (SSSR count). The zero-order valence-corrected chi connectivity index (χ0v) is 11.4. The molecule has 4 nitrogen and oxygen atoms in total. The van der Waals surface area contributed by atoms with Gasteiger partial charge < -0.3 is 10.3 Å². The van der Waals surface area contributed by atoms with Gasteiger partial charge in [-0.3, -0.25) is 0 Å². The van der Waals surface area contributed by atoms with Crippen molar-refractivity contribution in [2.24, 2.45) is 0 Å². The third-order valence-electron chi connectivity index (χ3n) is 3.56. The average molecular weight is 280 g/mol. The van der Waals surface area contributed by atoms with Gasteiger partial charge in [-0.15, -0.1) is 0 Å². The molecule has 0 aliphatic carbocycles. The second-order valence-corrected chi connectivity index (χ2v) is 4.89. The van der Waals surface area contributed by atoms with E-state index in [1.165, 1.54) is 12.1 Å². The van der Waals surface area contributed by atoms with Gasteiger partial charge in [0, 0.05) is 0 Å². The number of benzene rings is 2. The molecule has 0 aliphatic rings. The number of hydrogen-bond donors (Lipinski definition) is 1. The lowest BCUT2D eigenvalue weighted by atomic mass is 10.1. The van der Waals surface area contributed by atoms with Crippen molar-refractivity contribution in [1.29, 1.82) is 5.26 Å². The van der Waals surface area contributed by atoms with Crippen LogP contribution in [-0.4, -0.2) is 9.55 Å². The molecule has 1 aromatic heterocycles. The molecule has 0 aliphatic heterocycles. The minimum absolute atomic E-state index is 0.181. The highest BCUT2D eigenvalue weighted by Gasteiger charge is 2.16. The molecule has 1 atom stereocenters. The molecule has 2 N–H and O–H groups in total. The number of aromatic nitrogens is 2. The maximum atomic E-state index is 13.4. The first-order chi connectivity index (χ1) is 10.1. The smallest absolute Gasteiger partial charge is 0.201 e. The minimum atomic E-state index is -0.292. The van der Waals surface area contributed by atoms with Crippen LogP contribution in [-0.2, 0) is 0 Å². The van der Waals surface area contributed by atoms with Crippen LogP contribution in [0.1, 0.15) is 24.1 Å². The maximum absolute atomic E-state index is 13.4. The van der Waals surface area contributed by atoms with Crippen molar-refractivity contribution < 1.29 is 4.39 Å². The third-order valence-corrected chi connectivity index (χ3v) is 3.56. The Morgan fingerprint density at radius 2 is 2.10 bits per heavy atom. The van der Waals surface area contributed by atoms with Crippen molar-refractivity contribution >= 4 is 17.0 Å². The molecule has 5 heteroatoms. The number of rotatable bonds is 2. The lowest BCUT2D eigenvalue weighted by Gasteiger charge is -2.16. The summed E-state index contributed by atoms with van der Waals surface area (Å²) in [6.07, 6.45) is 0. The van der Waals surface area contributed by atoms with Gasteiger partial charge in [0.1, 0.15) is 5.82 Å². The Hall–Kier alpha value is -2.87. The van der Waals surface area contributed by atoms with E-state index in [1.807, 2.05) is 17.6 Å². The standard InChI is InChI=1S/C16H13FN4/c1-10(12-3-2-4-13(17)8-12)21-15-7-11(9-18)5-6-14(15)20-16(21)19/h2-8,10H,1H3,(H2,19,20). The highest BCUT2D eigenvalue weighted by atomic mass is 19.1.